The fraction of sp³-hybridized carbons (Fsp3) is 0.429. The molecule has 1 amide bonds. The molecule has 0 atom stereocenters. The van der Waals surface area contributed by atoms with E-state index in [9.17, 15) is 9.18 Å². The number of amides is 1. The zero-order valence-electron chi connectivity index (χ0n) is 15.1. The summed E-state index contributed by atoms with van der Waals surface area (Å²) in [6.45, 7) is 5.92. The molecule has 26 heavy (non-hydrogen) atoms. The SMILES string of the molecule is CCCN1CCC2(CC1)CN(C(=O)c1cccnc1)c1ccc(F)cc12. The Balaban J connectivity index is 1.67. The summed E-state index contributed by atoms with van der Waals surface area (Å²) in [7, 11) is 0. The second kappa shape index (κ2) is 6.80. The first-order valence-corrected chi connectivity index (χ1v) is 9.37. The van der Waals surface area contributed by atoms with Gasteiger partial charge in [0, 0.05) is 30.0 Å². The Labute approximate surface area is 153 Å². The van der Waals surface area contributed by atoms with Crippen LogP contribution in [0.1, 0.15) is 42.1 Å². The van der Waals surface area contributed by atoms with Crippen molar-refractivity contribution >= 4 is 11.6 Å². The van der Waals surface area contributed by atoms with Crippen molar-refractivity contribution in [1.29, 1.82) is 0 Å². The van der Waals surface area contributed by atoms with Crippen LogP contribution in [0.2, 0.25) is 0 Å². The van der Waals surface area contributed by atoms with Crippen molar-refractivity contribution in [1.82, 2.24) is 9.88 Å². The van der Waals surface area contributed by atoms with Crippen molar-refractivity contribution in [3.05, 3.63) is 59.7 Å². The highest BCUT2D eigenvalue weighted by atomic mass is 19.1. The maximum atomic E-state index is 14.0. The molecular formula is C21H24FN3O. The third-order valence-electron chi connectivity index (χ3n) is 5.79. The van der Waals surface area contributed by atoms with Gasteiger partial charge in [-0.1, -0.05) is 6.92 Å². The van der Waals surface area contributed by atoms with Crippen LogP contribution in [0.4, 0.5) is 10.1 Å². The van der Waals surface area contributed by atoms with E-state index in [0.717, 1.165) is 50.1 Å². The predicted molar refractivity (Wildman–Crippen MR) is 100.0 cm³/mol. The largest absolute Gasteiger partial charge is 0.307 e. The highest BCUT2D eigenvalue weighted by molar-refractivity contribution is 6.07. The predicted octanol–water partition coefficient (Wildman–Crippen LogP) is 3.62. The third-order valence-corrected chi connectivity index (χ3v) is 5.79. The van der Waals surface area contributed by atoms with E-state index in [-0.39, 0.29) is 17.1 Å². The number of aromatic nitrogens is 1. The Morgan fingerprint density at radius 2 is 2.08 bits per heavy atom. The van der Waals surface area contributed by atoms with E-state index in [4.69, 9.17) is 0 Å². The van der Waals surface area contributed by atoms with Gasteiger partial charge in [-0.15, -0.1) is 0 Å². The molecule has 1 saturated heterocycles. The van der Waals surface area contributed by atoms with Gasteiger partial charge in [0.25, 0.3) is 5.91 Å². The number of hydrogen-bond donors (Lipinski definition) is 0. The number of nitrogens with zero attached hydrogens (tertiary/aromatic N) is 3. The molecular weight excluding hydrogens is 329 g/mol. The van der Waals surface area contributed by atoms with Crippen molar-refractivity contribution in [3.63, 3.8) is 0 Å². The van der Waals surface area contributed by atoms with Gasteiger partial charge in [0.05, 0.1) is 5.56 Å². The van der Waals surface area contributed by atoms with Crippen LogP contribution in [0.15, 0.2) is 42.7 Å². The maximum Gasteiger partial charge on any atom is 0.259 e. The molecule has 2 aliphatic rings. The first-order chi connectivity index (χ1) is 12.6. The molecule has 1 aromatic carbocycles. The summed E-state index contributed by atoms with van der Waals surface area (Å²) >= 11 is 0. The number of carbonyl (C=O) groups is 1. The standard InChI is InChI=1S/C21H24FN3O/c1-2-10-24-11-7-21(8-12-24)15-25(19-6-5-17(22)13-18(19)21)20(26)16-4-3-9-23-14-16/h3-6,9,13-14H,2,7-8,10-12,15H2,1H3. The molecule has 0 aliphatic carbocycles. The monoisotopic (exact) mass is 353 g/mol. The van der Waals surface area contributed by atoms with Crippen molar-refractivity contribution in [2.75, 3.05) is 31.1 Å². The number of rotatable bonds is 3. The van der Waals surface area contributed by atoms with E-state index in [1.165, 1.54) is 6.07 Å². The van der Waals surface area contributed by atoms with Crippen LogP contribution in [-0.4, -0.2) is 42.0 Å². The van der Waals surface area contributed by atoms with Crippen LogP contribution >= 0.6 is 0 Å². The fourth-order valence-corrected chi connectivity index (χ4v) is 4.42. The summed E-state index contributed by atoms with van der Waals surface area (Å²) in [4.78, 5) is 21.4. The van der Waals surface area contributed by atoms with Crippen LogP contribution in [-0.2, 0) is 5.41 Å². The summed E-state index contributed by atoms with van der Waals surface area (Å²) < 4.78 is 14.0. The minimum Gasteiger partial charge on any atom is -0.307 e. The number of pyridine rings is 1. The van der Waals surface area contributed by atoms with Gasteiger partial charge in [0.1, 0.15) is 5.82 Å². The van der Waals surface area contributed by atoms with Crippen molar-refractivity contribution in [2.24, 2.45) is 0 Å². The Bertz CT molecular complexity index is 800. The number of hydrogen-bond acceptors (Lipinski definition) is 3. The number of anilines is 1. The van der Waals surface area contributed by atoms with Crippen LogP contribution in [0.25, 0.3) is 0 Å². The van der Waals surface area contributed by atoms with Gasteiger partial charge >= 0.3 is 0 Å². The molecule has 3 heterocycles. The summed E-state index contributed by atoms with van der Waals surface area (Å²) in [5, 5.41) is 0. The van der Waals surface area contributed by atoms with E-state index >= 15 is 0 Å². The second-order valence-electron chi connectivity index (χ2n) is 7.42. The van der Waals surface area contributed by atoms with Gasteiger partial charge < -0.3 is 9.80 Å². The number of piperidine rings is 1. The van der Waals surface area contributed by atoms with Crippen molar-refractivity contribution in [2.45, 2.75) is 31.6 Å². The molecule has 0 saturated carbocycles. The minimum atomic E-state index is -0.227. The molecule has 136 valence electrons. The molecule has 1 spiro atoms. The number of likely N-dealkylation sites (tertiary alicyclic amines) is 1. The topological polar surface area (TPSA) is 36.4 Å². The molecule has 0 bridgehead atoms. The lowest BCUT2D eigenvalue weighted by molar-refractivity contribution is 0.0976. The molecule has 2 aliphatic heterocycles. The molecule has 0 N–H and O–H groups in total. The second-order valence-corrected chi connectivity index (χ2v) is 7.42. The van der Waals surface area contributed by atoms with Gasteiger partial charge in [-0.25, -0.2) is 4.39 Å². The van der Waals surface area contributed by atoms with Gasteiger partial charge in [0.15, 0.2) is 0 Å². The average Bonchev–Trinajstić information content (AvgIpc) is 2.98. The first kappa shape index (κ1) is 17.2. The van der Waals surface area contributed by atoms with Crippen LogP contribution < -0.4 is 4.90 Å². The van der Waals surface area contributed by atoms with Crippen LogP contribution in [0, 0.1) is 5.82 Å². The van der Waals surface area contributed by atoms with Crippen molar-refractivity contribution < 1.29 is 9.18 Å². The lowest BCUT2D eigenvalue weighted by Gasteiger charge is -2.39. The zero-order chi connectivity index (χ0) is 18.1. The summed E-state index contributed by atoms with van der Waals surface area (Å²) in [6, 6.07) is 8.41. The quantitative estimate of drug-likeness (QED) is 0.846. The molecule has 0 radical (unpaired) electrons. The highest BCUT2D eigenvalue weighted by Gasteiger charge is 2.46. The van der Waals surface area contributed by atoms with Crippen LogP contribution in [0.3, 0.4) is 0 Å². The number of carbonyl (C=O) groups excluding carboxylic acids is 1. The fourth-order valence-electron chi connectivity index (χ4n) is 4.42. The van der Waals surface area contributed by atoms with Gasteiger partial charge in [-0.2, -0.15) is 0 Å². The minimum absolute atomic E-state index is 0.0566. The lowest BCUT2D eigenvalue weighted by Crippen LogP contribution is -2.46. The summed E-state index contributed by atoms with van der Waals surface area (Å²) in [5.41, 5.74) is 2.28. The van der Waals surface area contributed by atoms with E-state index in [1.54, 1.807) is 36.7 Å². The number of halogens is 1. The maximum absolute atomic E-state index is 14.0. The molecule has 2 aromatic rings. The third kappa shape index (κ3) is 2.90. The summed E-state index contributed by atoms with van der Waals surface area (Å²) in [5.74, 6) is -0.284. The van der Waals surface area contributed by atoms with Crippen LogP contribution in [0.5, 0.6) is 0 Å². The highest BCUT2D eigenvalue weighted by Crippen LogP contribution is 2.47. The smallest absolute Gasteiger partial charge is 0.259 e. The normalized spacial score (nSPS) is 18.9. The van der Waals surface area contributed by atoms with E-state index < -0.39 is 0 Å². The van der Waals surface area contributed by atoms with Gasteiger partial charge in [-0.05, 0) is 74.8 Å². The Hall–Kier alpha value is -2.27. The molecule has 1 fully saturated rings. The number of fused-ring (bicyclic) bond motifs is 2. The molecule has 5 heteroatoms. The van der Waals surface area contributed by atoms with Crippen molar-refractivity contribution in [3.8, 4) is 0 Å². The molecule has 1 aromatic heterocycles. The van der Waals surface area contributed by atoms with E-state index in [0.29, 0.717) is 12.1 Å². The van der Waals surface area contributed by atoms with E-state index in [1.807, 2.05) is 4.90 Å². The Morgan fingerprint density at radius 1 is 1.27 bits per heavy atom. The van der Waals surface area contributed by atoms with E-state index in [2.05, 4.69) is 16.8 Å². The zero-order valence-corrected chi connectivity index (χ0v) is 15.1. The summed E-state index contributed by atoms with van der Waals surface area (Å²) in [6.07, 6.45) is 6.32. The number of benzene rings is 1. The first-order valence-electron chi connectivity index (χ1n) is 9.37. The molecule has 4 rings (SSSR count). The average molecular weight is 353 g/mol. The lowest BCUT2D eigenvalue weighted by atomic mass is 9.74. The Kier molecular flexibility index (Phi) is 4.49. The van der Waals surface area contributed by atoms with Gasteiger partial charge in [0.2, 0.25) is 0 Å². The molecule has 0 unspecified atom stereocenters. The Morgan fingerprint density at radius 3 is 2.77 bits per heavy atom. The molecule has 4 nitrogen and oxygen atoms in total. The van der Waals surface area contributed by atoms with Gasteiger partial charge in [-0.3, -0.25) is 9.78 Å².